The molecule has 1 aliphatic heterocycles. The topological polar surface area (TPSA) is 86.0 Å². The Morgan fingerprint density at radius 1 is 1.03 bits per heavy atom. The van der Waals surface area contributed by atoms with Gasteiger partial charge in [-0.25, -0.2) is 4.79 Å². The fraction of sp³-hybridized carbons (Fsp3) is 0.444. The Hall–Kier alpha value is -3.33. The third-order valence-electron chi connectivity index (χ3n) is 7.11. The van der Waals surface area contributed by atoms with E-state index in [9.17, 15) is 4.79 Å². The molecular formula is C27H30N6O2S. The van der Waals surface area contributed by atoms with Crippen LogP contribution in [0, 0.1) is 0 Å². The highest BCUT2D eigenvalue weighted by molar-refractivity contribution is 7.13. The normalized spacial score (nSPS) is 20.0. The van der Waals surface area contributed by atoms with E-state index in [-0.39, 0.29) is 6.09 Å². The summed E-state index contributed by atoms with van der Waals surface area (Å²) in [4.78, 5) is 18.9. The van der Waals surface area contributed by atoms with E-state index in [0.717, 1.165) is 53.3 Å². The smallest absolute Gasteiger partial charge is 0.411 e. The zero-order valence-electron chi connectivity index (χ0n) is 20.8. The number of amides is 1. The Kier molecular flexibility index (Phi) is 5.75. The van der Waals surface area contributed by atoms with E-state index in [4.69, 9.17) is 9.11 Å². The Morgan fingerprint density at radius 3 is 2.61 bits per heavy atom. The van der Waals surface area contributed by atoms with Crippen LogP contribution in [-0.2, 0) is 17.8 Å². The average Bonchev–Trinajstić information content (AvgIpc) is 3.43. The van der Waals surface area contributed by atoms with Crippen LogP contribution in [0.5, 0.6) is 0 Å². The highest BCUT2D eigenvalue weighted by Gasteiger charge is 2.33. The molecule has 3 aromatic heterocycles. The number of carbonyl (C=O) groups is 1. The Labute approximate surface area is 214 Å². The first-order valence-electron chi connectivity index (χ1n) is 12.6. The van der Waals surface area contributed by atoms with Crippen LogP contribution in [0.2, 0.25) is 0 Å². The molecule has 4 aromatic rings. The van der Waals surface area contributed by atoms with E-state index >= 15 is 0 Å². The summed E-state index contributed by atoms with van der Waals surface area (Å²) in [5, 5.41) is 10.5. The number of hydrogen-bond donors (Lipinski definition) is 0. The molecule has 0 radical (unpaired) electrons. The number of fused-ring (bicyclic) bond motifs is 4. The molecule has 9 heteroatoms. The average molecular weight is 503 g/mol. The molecule has 0 saturated heterocycles. The standard InChI is InChI=1S/C27H30N6O2S/c1-27(2,3)35-26(34)32-15-19-6-4-5-7-21(19)33-23(16-32)29-30-25(33)18-10-8-17(9-11-18)24-20-12-13-28-14-22(20)36-31-24/h4-7,12-14,17-18H,8-11,15-16H2,1-3H3. The number of rotatable bonds is 2. The van der Waals surface area contributed by atoms with Crippen LogP contribution in [0.1, 0.15) is 81.2 Å². The monoisotopic (exact) mass is 502 g/mol. The van der Waals surface area contributed by atoms with Crippen molar-refractivity contribution in [2.24, 2.45) is 0 Å². The van der Waals surface area contributed by atoms with Crippen molar-refractivity contribution in [1.29, 1.82) is 0 Å². The summed E-state index contributed by atoms with van der Waals surface area (Å²) in [7, 11) is 0. The van der Waals surface area contributed by atoms with Gasteiger partial charge in [-0.15, -0.1) is 10.2 Å². The molecule has 186 valence electrons. The maximum absolute atomic E-state index is 13.0. The van der Waals surface area contributed by atoms with Gasteiger partial charge in [0, 0.05) is 29.6 Å². The molecule has 6 rings (SSSR count). The fourth-order valence-electron chi connectivity index (χ4n) is 5.44. The van der Waals surface area contributed by atoms with Gasteiger partial charge in [0.25, 0.3) is 0 Å². The molecule has 2 aliphatic rings. The van der Waals surface area contributed by atoms with Crippen molar-refractivity contribution in [1.82, 2.24) is 29.0 Å². The van der Waals surface area contributed by atoms with Gasteiger partial charge in [-0.1, -0.05) is 18.2 Å². The van der Waals surface area contributed by atoms with Gasteiger partial charge in [-0.3, -0.25) is 14.5 Å². The maximum Gasteiger partial charge on any atom is 0.411 e. The SMILES string of the molecule is CC(C)(C)OC(=O)N1Cc2ccccc2-n2c(nnc2C2CCC(c3nsc4cnccc34)CC2)C1. The quantitative estimate of drug-likeness (QED) is 0.336. The van der Waals surface area contributed by atoms with Crippen molar-refractivity contribution >= 4 is 27.7 Å². The first kappa shape index (κ1) is 23.1. The van der Waals surface area contributed by atoms with Crippen LogP contribution in [0.4, 0.5) is 4.79 Å². The van der Waals surface area contributed by atoms with Crippen LogP contribution >= 0.6 is 11.5 Å². The third kappa shape index (κ3) is 4.25. The molecule has 1 aromatic carbocycles. The van der Waals surface area contributed by atoms with Crippen molar-refractivity contribution in [2.45, 2.75) is 77.0 Å². The molecule has 0 spiro atoms. The van der Waals surface area contributed by atoms with E-state index in [1.54, 1.807) is 16.4 Å². The van der Waals surface area contributed by atoms with E-state index in [0.29, 0.717) is 24.9 Å². The summed E-state index contributed by atoms with van der Waals surface area (Å²) >= 11 is 1.54. The second kappa shape index (κ2) is 8.96. The number of ether oxygens (including phenoxy) is 1. The number of para-hydroxylation sites is 1. The van der Waals surface area contributed by atoms with Gasteiger partial charge < -0.3 is 4.74 Å². The van der Waals surface area contributed by atoms with Gasteiger partial charge in [0.1, 0.15) is 11.4 Å². The first-order valence-corrected chi connectivity index (χ1v) is 13.3. The van der Waals surface area contributed by atoms with Gasteiger partial charge in [-0.05, 0) is 75.7 Å². The van der Waals surface area contributed by atoms with Crippen LogP contribution in [-0.4, -0.2) is 40.7 Å². The summed E-state index contributed by atoms with van der Waals surface area (Å²) in [6.45, 7) is 6.51. The summed E-state index contributed by atoms with van der Waals surface area (Å²) in [5.41, 5.74) is 2.78. The van der Waals surface area contributed by atoms with Crippen molar-refractivity contribution in [3.63, 3.8) is 0 Å². The zero-order valence-corrected chi connectivity index (χ0v) is 21.7. The summed E-state index contributed by atoms with van der Waals surface area (Å²) in [6.07, 6.45) is 7.64. The largest absolute Gasteiger partial charge is 0.444 e. The molecule has 0 atom stereocenters. The van der Waals surface area contributed by atoms with E-state index in [1.165, 1.54) is 11.1 Å². The Bertz CT molecular complexity index is 1410. The van der Waals surface area contributed by atoms with Gasteiger partial charge in [0.15, 0.2) is 5.82 Å². The molecular weight excluding hydrogens is 472 g/mol. The first-order chi connectivity index (χ1) is 17.4. The van der Waals surface area contributed by atoms with E-state index in [1.807, 2.05) is 45.3 Å². The van der Waals surface area contributed by atoms with Gasteiger partial charge in [0.05, 0.1) is 29.2 Å². The summed E-state index contributed by atoms with van der Waals surface area (Å²) in [5.74, 6) is 2.55. The molecule has 0 N–H and O–H groups in total. The van der Waals surface area contributed by atoms with Gasteiger partial charge >= 0.3 is 6.09 Å². The molecule has 1 aliphatic carbocycles. The number of hydrogen-bond acceptors (Lipinski definition) is 7. The highest BCUT2D eigenvalue weighted by Crippen LogP contribution is 2.43. The lowest BCUT2D eigenvalue weighted by Crippen LogP contribution is -2.35. The number of nitrogens with zero attached hydrogens (tertiary/aromatic N) is 6. The predicted octanol–water partition coefficient (Wildman–Crippen LogP) is 5.96. The number of carbonyl (C=O) groups excluding carboxylic acids is 1. The molecule has 36 heavy (non-hydrogen) atoms. The second-order valence-corrected chi connectivity index (χ2v) is 11.6. The molecule has 1 saturated carbocycles. The third-order valence-corrected chi connectivity index (χ3v) is 7.92. The minimum absolute atomic E-state index is 0.315. The van der Waals surface area contributed by atoms with Crippen molar-refractivity contribution in [3.8, 4) is 5.69 Å². The lowest BCUT2D eigenvalue weighted by Gasteiger charge is -2.27. The Balaban J connectivity index is 1.27. The van der Waals surface area contributed by atoms with E-state index < -0.39 is 5.60 Å². The lowest BCUT2D eigenvalue weighted by molar-refractivity contribution is 0.0214. The lowest BCUT2D eigenvalue weighted by atomic mass is 9.79. The minimum Gasteiger partial charge on any atom is -0.444 e. The maximum atomic E-state index is 13.0. The van der Waals surface area contributed by atoms with Crippen molar-refractivity contribution in [3.05, 3.63) is 65.6 Å². The second-order valence-electron chi connectivity index (χ2n) is 10.8. The number of benzene rings is 1. The highest BCUT2D eigenvalue weighted by atomic mass is 32.1. The molecule has 1 fully saturated rings. The van der Waals surface area contributed by atoms with Crippen LogP contribution in [0.15, 0.2) is 42.7 Å². The number of pyridine rings is 1. The van der Waals surface area contributed by atoms with Crippen LogP contribution < -0.4 is 0 Å². The predicted molar refractivity (Wildman–Crippen MR) is 138 cm³/mol. The molecule has 4 heterocycles. The van der Waals surface area contributed by atoms with Gasteiger partial charge in [-0.2, -0.15) is 4.37 Å². The summed E-state index contributed by atoms with van der Waals surface area (Å²) in [6, 6.07) is 10.3. The minimum atomic E-state index is -0.556. The van der Waals surface area contributed by atoms with Crippen LogP contribution in [0.3, 0.4) is 0 Å². The molecule has 0 unspecified atom stereocenters. The van der Waals surface area contributed by atoms with Gasteiger partial charge in [0.2, 0.25) is 0 Å². The Morgan fingerprint density at radius 2 is 1.81 bits per heavy atom. The molecule has 1 amide bonds. The van der Waals surface area contributed by atoms with Crippen molar-refractivity contribution in [2.75, 3.05) is 0 Å². The molecule has 0 bridgehead atoms. The number of aromatic nitrogens is 5. The summed E-state index contributed by atoms with van der Waals surface area (Å²) < 4.78 is 13.8. The van der Waals surface area contributed by atoms with Crippen molar-refractivity contribution < 1.29 is 9.53 Å². The zero-order chi connectivity index (χ0) is 24.9. The van der Waals surface area contributed by atoms with Crippen LogP contribution in [0.25, 0.3) is 15.8 Å². The van der Waals surface area contributed by atoms with E-state index in [2.05, 4.69) is 37.9 Å². The fourth-order valence-corrected chi connectivity index (χ4v) is 6.26. The molecule has 8 nitrogen and oxygen atoms in total.